The van der Waals surface area contributed by atoms with E-state index in [1.807, 2.05) is 0 Å². The maximum absolute atomic E-state index is 13.8. The number of hydrogen-bond acceptors (Lipinski definition) is 2. The van der Waals surface area contributed by atoms with Gasteiger partial charge in [-0.25, -0.2) is 8.78 Å². The van der Waals surface area contributed by atoms with Crippen molar-refractivity contribution < 1.29 is 13.5 Å². The van der Waals surface area contributed by atoms with Gasteiger partial charge in [0.1, 0.15) is 11.6 Å². The zero-order valence-corrected chi connectivity index (χ0v) is 10.8. The molecule has 0 aliphatic carbocycles. The van der Waals surface area contributed by atoms with Gasteiger partial charge >= 0.3 is 0 Å². The Hall–Kier alpha value is -1.65. The van der Waals surface area contributed by atoms with Gasteiger partial charge in [-0.2, -0.15) is 0 Å². The van der Waals surface area contributed by atoms with Crippen LogP contribution in [0.2, 0.25) is 5.02 Å². The summed E-state index contributed by atoms with van der Waals surface area (Å²) in [5, 5.41) is -0.0716. The monoisotopic (exact) mass is 283 g/mol. The molecule has 2 rings (SSSR count). The molecule has 0 aliphatic rings. The summed E-state index contributed by atoms with van der Waals surface area (Å²) in [6, 6.07) is 8.46. The molecule has 0 aromatic heterocycles. The molecule has 0 aliphatic heterocycles. The zero-order valence-electron chi connectivity index (χ0n) is 10.00. The fraction of sp³-hybridized carbons (Fsp3) is 0.143. The molecular weight excluding hydrogens is 272 g/mol. The van der Waals surface area contributed by atoms with Crippen LogP contribution in [0.5, 0.6) is 11.5 Å². The van der Waals surface area contributed by atoms with E-state index in [1.165, 1.54) is 30.3 Å². The Balaban J connectivity index is 2.20. The molecule has 19 heavy (non-hydrogen) atoms. The minimum atomic E-state index is -0.548. The third-order valence-electron chi connectivity index (χ3n) is 2.55. The Bertz CT molecular complexity index is 590. The van der Waals surface area contributed by atoms with Crippen molar-refractivity contribution in [2.75, 3.05) is 6.54 Å². The van der Waals surface area contributed by atoms with E-state index >= 15 is 0 Å². The van der Waals surface area contributed by atoms with Gasteiger partial charge in [-0.3, -0.25) is 0 Å². The van der Waals surface area contributed by atoms with Crippen molar-refractivity contribution in [1.29, 1.82) is 0 Å². The Kier molecular flexibility index (Phi) is 4.35. The van der Waals surface area contributed by atoms with Gasteiger partial charge in [0.25, 0.3) is 0 Å². The van der Waals surface area contributed by atoms with E-state index in [-0.39, 0.29) is 16.5 Å². The largest absolute Gasteiger partial charge is 0.454 e. The SMILES string of the molecule is NCCc1ccc(Oc2ccc(F)c(Cl)c2)c(F)c1. The lowest BCUT2D eigenvalue weighted by atomic mass is 10.1. The van der Waals surface area contributed by atoms with E-state index in [1.54, 1.807) is 6.07 Å². The molecule has 2 aromatic rings. The van der Waals surface area contributed by atoms with E-state index in [0.717, 1.165) is 5.56 Å². The van der Waals surface area contributed by atoms with Crippen LogP contribution in [0.15, 0.2) is 36.4 Å². The lowest BCUT2D eigenvalue weighted by Crippen LogP contribution is -2.03. The zero-order chi connectivity index (χ0) is 13.8. The van der Waals surface area contributed by atoms with E-state index in [9.17, 15) is 8.78 Å². The molecule has 0 saturated carbocycles. The fourth-order valence-electron chi connectivity index (χ4n) is 1.62. The summed E-state index contributed by atoms with van der Waals surface area (Å²) < 4.78 is 32.1. The number of benzene rings is 2. The molecule has 5 heteroatoms. The second-order valence-electron chi connectivity index (χ2n) is 3.98. The summed E-state index contributed by atoms with van der Waals surface area (Å²) >= 11 is 5.62. The summed E-state index contributed by atoms with van der Waals surface area (Å²) in [6.45, 7) is 0.452. The average molecular weight is 284 g/mol. The first-order valence-corrected chi connectivity index (χ1v) is 6.09. The Morgan fingerprint density at radius 1 is 1.05 bits per heavy atom. The molecule has 100 valence electrons. The minimum absolute atomic E-state index is 0.0587. The number of rotatable bonds is 4. The van der Waals surface area contributed by atoms with Gasteiger partial charge < -0.3 is 10.5 Å². The summed E-state index contributed by atoms with van der Waals surface area (Å²) in [7, 11) is 0. The highest BCUT2D eigenvalue weighted by Gasteiger charge is 2.08. The van der Waals surface area contributed by atoms with E-state index < -0.39 is 11.6 Å². The normalized spacial score (nSPS) is 10.5. The van der Waals surface area contributed by atoms with Gasteiger partial charge in [0, 0.05) is 6.07 Å². The average Bonchev–Trinajstić information content (AvgIpc) is 2.37. The van der Waals surface area contributed by atoms with Crippen molar-refractivity contribution in [3.8, 4) is 11.5 Å². The molecule has 0 atom stereocenters. The summed E-state index contributed by atoms with van der Waals surface area (Å²) in [5.74, 6) is -0.709. The first-order valence-electron chi connectivity index (χ1n) is 5.71. The molecular formula is C14H12ClF2NO. The fourth-order valence-corrected chi connectivity index (χ4v) is 1.79. The van der Waals surface area contributed by atoms with Crippen LogP contribution in [-0.4, -0.2) is 6.54 Å². The van der Waals surface area contributed by atoms with Gasteiger partial charge in [0.15, 0.2) is 11.6 Å². The lowest BCUT2D eigenvalue weighted by molar-refractivity contribution is 0.440. The maximum atomic E-state index is 13.8. The standard InChI is InChI=1S/C14H12ClF2NO/c15-11-8-10(2-3-12(11)16)19-14-4-1-9(5-6-18)7-13(14)17/h1-4,7-8H,5-6,18H2. The molecule has 0 unspecified atom stereocenters. The first-order chi connectivity index (χ1) is 9.10. The Morgan fingerprint density at radius 2 is 1.84 bits per heavy atom. The van der Waals surface area contributed by atoms with Crippen LogP contribution in [0, 0.1) is 11.6 Å². The quantitative estimate of drug-likeness (QED) is 0.923. The predicted octanol–water partition coefficient (Wildman–Crippen LogP) is 3.91. The number of hydrogen-bond donors (Lipinski definition) is 1. The minimum Gasteiger partial charge on any atom is -0.454 e. The highest BCUT2D eigenvalue weighted by atomic mass is 35.5. The van der Waals surface area contributed by atoms with Crippen LogP contribution in [-0.2, 0) is 6.42 Å². The maximum Gasteiger partial charge on any atom is 0.165 e. The molecule has 2 nitrogen and oxygen atoms in total. The van der Waals surface area contributed by atoms with Crippen LogP contribution in [0.4, 0.5) is 8.78 Å². The van der Waals surface area contributed by atoms with Crippen LogP contribution in [0.1, 0.15) is 5.56 Å². The van der Waals surface area contributed by atoms with E-state index in [0.29, 0.717) is 13.0 Å². The van der Waals surface area contributed by atoms with Gasteiger partial charge in [0.05, 0.1) is 5.02 Å². The van der Waals surface area contributed by atoms with E-state index in [4.69, 9.17) is 22.1 Å². The molecule has 0 saturated heterocycles. The number of ether oxygens (including phenoxy) is 1. The van der Waals surface area contributed by atoms with Crippen molar-refractivity contribution in [2.45, 2.75) is 6.42 Å². The van der Waals surface area contributed by atoms with Crippen molar-refractivity contribution in [3.05, 3.63) is 58.6 Å². The first kappa shape index (κ1) is 13.8. The molecule has 0 fully saturated rings. The second-order valence-corrected chi connectivity index (χ2v) is 4.39. The van der Waals surface area contributed by atoms with Crippen molar-refractivity contribution in [3.63, 3.8) is 0 Å². The third kappa shape index (κ3) is 3.43. The Morgan fingerprint density at radius 3 is 2.47 bits per heavy atom. The summed E-state index contributed by atoms with van der Waals surface area (Å²) in [5.41, 5.74) is 6.19. The highest BCUT2D eigenvalue weighted by Crippen LogP contribution is 2.28. The topological polar surface area (TPSA) is 35.2 Å². The van der Waals surface area contributed by atoms with E-state index in [2.05, 4.69) is 0 Å². The van der Waals surface area contributed by atoms with Gasteiger partial charge in [-0.1, -0.05) is 17.7 Å². The highest BCUT2D eigenvalue weighted by molar-refractivity contribution is 6.30. The molecule has 0 spiro atoms. The van der Waals surface area contributed by atoms with Gasteiger partial charge in [-0.05, 0) is 42.8 Å². The number of nitrogens with two attached hydrogens (primary N) is 1. The molecule has 2 aromatic carbocycles. The van der Waals surface area contributed by atoms with Gasteiger partial charge in [-0.15, -0.1) is 0 Å². The molecule has 0 heterocycles. The van der Waals surface area contributed by atoms with Crippen LogP contribution >= 0.6 is 11.6 Å². The summed E-state index contributed by atoms with van der Waals surface area (Å²) in [4.78, 5) is 0. The smallest absolute Gasteiger partial charge is 0.165 e. The Labute approximate surface area is 114 Å². The predicted molar refractivity (Wildman–Crippen MR) is 70.6 cm³/mol. The number of halogens is 3. The van der Waals surface area contributed by atoms with Crippen molar-refractivity contribution >= 4 is 11.6 Å². The van der Waals surface area contributed by atoms with Crippen LogP contribution < -0.4 is 10.5 Å². The molecule has 0 bridgehead atoms. The van der Waals surface area contributed by atoms with Crippen molar-refractivity contribution in [1.82, 2.24) is 0 Å². The second kappa shape index (κ2) is 5.99. The summed E-state index contributed by atoms with van der Waals surface area (Å²) in [6.07, 6.45) is 0.597. The van der Waals surface area contributed by atoms with Crippen LogP contribution in [0.25, 0.3) is 0 Å². The van der Waals surface area contributed by atoms with Crippen LogP contribution in [0.3, 0.4) is 0 Å². The lowest BCUT2D eigenvalue weighted by Gasteiger charge is -2.08. The van der Waals surface area contributed by atoms with Gasteiger partial charge in [0.2, 0.25) is 0 Å². The molecule has 0 radical (unpaired) electrons. The third-order valence-corrected chi connectivity index (χ3v) is 2.84. The molecule has 0 amide bonds. The molecule has 2 N–H and O–H groups in total. The van der Waals surface area contributed by atoms with Crippen molar-refractivity contribution in [2.24, 2.45) is 5.73 Å².